The molecule has 2 aromatic rings. The van der Waals surface area contributed by atoms with Crippen molar-refractivity contribution in [2.45, 2.75) is 45.4 Å². The van der Waals surface area contributed by atoms with Crippen molar-refractivity contribution in [1.82, 2.24) is 0 Å². The maximum Gasteiger partial charge on any atom is 0.127 e. The van der Waals surface area contributed by atoms with Crippen LogP contribution in [0.5, 0.6) is 5.75 Å². The molecule has 1 saturated carbocycles. The van der Waals surface area contributed by atoms with Gasteiger partial charge in [-0.1, -0.05) is 26.8 Å². The maximum atomic E-state index is 14.3. The van der Waals surface area contributed by atoms with Gasteiger partial charge in [0.1, 0.15) is 11.6 Å². The monoisotopic (exact) mass is 272 g/mol. The molecule has 0 radical (unpaired) electrons. The lowest BCUT2D eigenvalue weighted by Crippen LogP contribution is -2.13. The molecule has 1 N–H and O–H groups in total. The zero-order chi connectivity index (χ0) is 14.5. The minimum Gasteiger partial charge on any atom is -0.508 e. The lowest BCUT2D eigenvalue weighted by Gasteiger charge is -2.24. The second-order valence-electron chi connectivity index (χ2n) is 7.01. The Morgan fingerprint density at radius 2 is 1.90 bits per heavy atom. The van der Waals surface area contributed by atoms with Crippen LogP contribution in [0.3, 0.4) is 0 Å². The van der Waals surface area contributed by atoms with E-state index in [1.807, 2.05) is 0 Å². The first kappa shape index (κ1) is 13.4. The van der Waals surface area contributed by atoms with E-state index in [9.17, 15) is 9.50 Å². The SMILES string of the molecule is CC(C)(C)c1cc(O)cc2ccc(F)c(CC3CC3)c12. The highest BCUT2D eigenvalue weighted by molar-refractivity contribution is 5.91. The van der Waals surface area contributed by atoms with Gasteiger partial charge in [-0.15, -0.1) is 0 Å². The van der Waals surface area contributed by atoms with E-state index in [0.29, 0.717) is 5.92 Å². The van der Waals surface area contributed by atoms with Crippen molar-refractivity contribution in [3.63, 3.8) is 0 Å². The third kappa shape index (κ3) is 2.39. The molecule has 2 heteroatoms. The molecule has 1 nitrogen and oxygen atoms in total. The van der Waals surface area contributed by atoms with E-state index in [1.165, 1.54) is 18.9 Å². The molecule has 20 heavy (non-hydrogen) atoms. The van der Waals surface area contributed by atoms with E-state index in [0.717, 1.165) is 28.3 Å². The minimum atomic E-state index is -0.122. The summed E-state index contributed by atoms with van der Waals surface area (Å²) in [6, 6.07) is 6.83. The number of hydrogen-bond donors (Lipinski definition) is 1. The molecule has 0 heterocycles. The van der Waals surface area contributed by atoms with Gasteiger partial charge in [0.2, 0.25) is 0 Å². The van der Waals surface area contributed by atoms with Crippen molar-refractivity contribution in [1.29, 1.82) is 0 Å². The van der Waals surface area contributed by atoms with Crippen LogP contribution < -0.4 is 0 Å². The van der Waals surface area contributed by atoms with Crippen LogP contribution in [-0.2, 0) is 11.8 Å². The summed E-state index contributed by atoms with van der Waals surface area (Å²) in [4.78, 5) is 0. The standard InChI is InChI=1S/C18H21FO/c1-18(2,3)15-10-13(20)9-12-6-7-16(19)14(17(12)15)8-11-4-5-11/h6-7,9-11,20H,4-5,8H2,1-3H3. The highest BCUT2D eigenvalue weighted by atomic mass is 19.1. The Labute approximate surface area is 119 Å². The number of benzene rings is 2. The van der Waals surface area contributed by atoms with Crippen LogP contribution in [0.25, 0.3) is 10.8 Å². The summed E-state index contributed by atoms with van der Waals surface area (Å²) < 4.78 is 14.3. The highest BCUT2D eigenvalue weighted by Gasteiger charge is 2.27. The second-order valence-corrected chi connectivity index (χ2v) is 7.01. The van der Waals surface area contributed by atoms with Gasteiger partial charge in [0.15, 0.2) is 0 Å². The summed E-state index contributed by atoms with van der Waals surface area (Å²) in [6.45, 7) is 6.31. The van der Waals surface area contributed by atoms with E-state index in [1.54, 1.807) is 18.2 Å². The van der Waals surface area contributed by atoms with Gasteiger partial charge in [-0.2, -0.15) is 0 Å². The average molecular weight is 272 g/mol. The van der Waals surface area contributed by atoms with Gasteiger partial charge in [-0.05, 0) is 70.7 Å². The van der Waals surface area contributed by atoms with E-state index >= 15 is 0 Å². The summed E-state index contributed by atoms with van der Waals surface area (Å²) in [6.07, 6.45) is 3.23. The Morgan fingerprint density at radius 3 is 2.50 bits per heavy atom. The zero-order valence-electron chi connectivity index (χ0n) is 12.3. The largest absolute Gasteiger partial charge is 0.508 e. The predicted octanol–water partition coefficient (Wildman–Crippen LogP) is 4.93. The van der Waals surface area contributed by atoms with Gasteiger partial charge in [0, 0.05) is 0 Å². The van der Waals surface area contributed by atoms with Gasteiger partial charge in [-0.25, -0.2) is 4.39 Å². The fourth-order valence-corrected chi connectivity index (χ4v) is 2.90. The molecule has 0 amide bonds. The number of hydrogen-bond acceptors (Lipinski definition) is 1. The molecule has 0 saturated heterocycles. The van der Waals surface area contributed by atoms with Gasteiger partial charge in [0.05, 0.1) is 0 Å². The van der Waals surface area contributed by atoms with E-state index in [-0.39, 0.29) is 17.0 Å². The van der Waals surface area contributed by atoms with Crippen molar-refractivity contribution < 1.29 is 9.50 Å². The normalized spacial score (nSPS) is 15.8. The maximum absolute atomic E-state index is 14.3. The minimum absolute atomic E-state index is 0.111. The van der Waals surface area contributed by atoms with Crippen LogP contribution in [0.15, 0.2) is 24.3 Å². The Balaban J connectivity index is 2.32. The number of aromatic hydroxyl groups is 1. The zero-order valence-corrected chi connectivity index (χ0v) is 12.3. The molecule has 0 aromatic heterocycles. The molecule has 0 unspecified atom stereocenters. The quantitative estimate of drug-likeness (QED) is 0.821. The number of halogens is 1. The third-order valence-electron chi connectivity index (χ3n) is 4.15. The summed E-state index contributed by atoms with van der Waals surface area (Å²) in [7, 11) is 0. The second kappa shape index (κ2) is 4.47. The number of fused-ring (bicyclic) bond motifs is 1. The third-order valence-corrected chi connectivity index (χ3v) is 4.15. The molecule has 0 bridgehead atoms. The summed E-state index contributed by atoms with van der Waals surface area (Å²) in [5.74, 6) is 0.781. The Bertz CT molecular complexity index is 663. The summed E-state index contributed by atoms with van der Waals surface area (Å²) >= 11 is 0. The van der Waals surface area contributed by atoms with Crippen molar-refractivity contribution in [3.8, 4) is 5.75 Å². The fraction of sp³-hybridized carbons (Fsp3) is 0.444. The van der Waals surface area contributed by atoms with Crippen LogP contribution in [-0.4, -0.2) is 5.11 Å². The van der Waals surface area contributed by atoms with Crippen LogP contribution in [0.2, 0.25) is 0 Å². The molecule has 0 atom stereocenters. The van der Waals surface area contributed by atoms with Gasteiger partial charge < -0.3 is 5.11 Å². The lowest BCUT2D eigenvalue weighted by atomic mass is 9.81. The van der Waals surface area contributed by atoms with Crippen molar-refractivity contribution in [2.75, 3.05) is 0 Å². The van der Waals surface area contributed by atoms with Crippen LogP contribution in [0.1, 0.15) is 44.7 Å². The first-order valence-electron chi connectivity index (χ1n) is 7.31. The Kier molecular flexibility index (Phi) is 3.00. The lowest BCUT2D eigenvalue weighted by molar-refractivity contribution is 0.472. The van der Waals surface area contributed by atoms with Crippen molar-refractivity contribution in [3.05, 3.63) is 41.2 Å². The van der Waals surface area contributed by atoms with Gasteiger partial charge >= 0.3 is 0 Å². The van der Waals surface area contributed by atoms with Crippen LogP contribution in [0.4, 0.5) is 4.39 Å². The van der Waals surface area contributed by atoms with Crippen molar-refractivity contribution in [2.24, 2.45) is 5.92 Å². The topological polar surface area (TPSA) is 20.2 Å². The number of phenols is 1. The first-order valence-corrected chi connectivity index (χ1v) is 7.31. The Morgan fingerprint density at radius 1 is 1.20 bits per heavy atom. The molecule has 1 fully saturated rings. The number of rotatable bonds is 2. The van der Waals surface area contributed by atoms with Crippen LogP contribution >= 0.6 is 0 Å². The molecule has 0 spiro atoms. The van der Waals surface area contributed by atoms with Gasteiger partial charge in [0.25, 0.3) is 0 Å². The molecular formula is C18H21FO. The van der Waals surface area contributed by atoms with Crippen LogP contribution in [0, 0.1) is 11.7 Å². The van der Waals surface area contributed by atoms with E-state index in [2.05, 4.69) is 20.8 Å². The highest BCUT2D eigenvalue weighted by Crippen LogP contribution is 2.40. The molecule has 106 valence electrons. The number of phenolic OH excluding ortho intramolecular Hbond substituents is 1. The molecule has 2 aromatic carbocycles. The molecule has 3 rings (SSSR count). The van der Waals surface area contributed by atoms with Gasteiger partial charge in [-0.3, -0.25) is 0 Å². The van der Waals surface area contributed by atoms with Crippen molar-refractivity contribution >= 4 is 10.8 Å². The first-order chi connectivity index (χ1) is 9.36. The average Bonchev–Trinajstić information content (AvgIpc) is 3.14. The summed E-state index contributed by atoms with van der Waals surface area (Å²) in [5.41, 5.74) is 1.74. The smallest absolute Gasteiger partial charge is 0.127 e. The van der Waals surface area contributed by atoms with E-state index in [4.69, 9.17) is 0 Å². The molecule has 1 aliphatic rings. The summed E-state index contributed by atoms with van der Waals surface area (Å²) in [5, 5.41) is 11.9. The molecular weight excluding hydrogens is 251 g/mol. The molecule has 0 aliphatic heterocycles. The predicted molar refractivity (Wildman–Crippen MR) is 80.7 cm³/mol. The fourth-order valence-electron chi connectivity index (χ4n) is 2.90. The molecule has 1 aliphatic carbocycles. The van der Waals surface area contributed by atoms with E-state index < -0.39 is 0 Å². The Hall–Kier alpha value is -1.57.